The van der Waals surface area contributed by atoms with Gasteiger partial charge in [-0.05, 0) is 18.6 Å². The van der Waals surface area contributed by atoms with Crippen molar-refractivity contribution in [2.45, 2.75) is 18.1 Å². The third-order valence-corrected chi connectivity index (χ3v) is 2.46. The number of hydrogen-bond donors (Lipinski definition) is 1. The Morgan fingerprint density at radius 2 is 2.08 bits per heavy atom. The SMILES string of the molecule is CC(N)SCc1ccccc1F.Cl. The number of halogens is 2. The summed E-state index contributed by atoms with van der Waals surface area (Å²) in [6.07, 6.45) is 0. The van der Waals surface area contributed by atoms with E-state index in [0.717, 1.165) is 5.56 Å². The lowest BCUT2D eigenvalue weighted by Gasteiger charge is -2.05. The molecule has 1 aromatic carbocycles. The standard InChI is InChI=1S/C9H12FNS.ClH/c1-7(11)12-6-8-4-2-3-5-9(8)10;/h2-5,7H,6,11H2,1H3;1H. The lowest BCUT2D eigenvalue weighted by atomic mass is 10.2. The molecule has 0 spiro atoms. The van der Waals surface area contributed by atoms with Crippen LogP contribution in [0.5, 0.6) is 0 Å². The minimum absolute atomic E-state index is 0. The highest BCUT2D eigenvalue weighted by Gasteiger charge is 2.01. The summed E-state index contributed by atoms with van der Waals surface area (Å²) in [6, 6.07) is 6.78. The van der Waals surface area contributed by atoms with Crippen LogP contribution >= 0.6 is 24.2 Å². The second-order valence-electron chi connectivity index (χ2n) is 2.61. The van der Waals surface area contributed by atoms with Crippen LogP contribution in [0.1, 0.15) is 12.5 Å². The Kier molecular flexibility index (Phi) is 6.12. The Hall–Kier alpha value is -0.250. The average Bonchev–Trinajstić information content (AvgIpc) is 2.03. The molecule has 1 rings (SSSR count). The van der Waals surface area contributed by atoms with Crippen molar-refractivity contribution in [2.24, 2.45) is 5.73 Å². The van der Waals surface area contributed by atoms with Gasteiger partial charge >= 0.3 is 0 Å². The maximum atomic E-state index is 13.0. The van der Waals surface area contributed by atoms with Crippen molar-refractivity contribution in [3.63, 3.8) is 0 Å². The molecule has 4 heteroatoms. The van der Waals surface area contributed by atoms with Crippen molar-refractivity contribution in [1.82, 2.24) is 0 Å². The van der Waals surface area contributed by atoms with Crippen LogP contribution in [-0.4, -0.2) is 5.37 Å². The molecule has 1 aromatic rings. The molecule has 0 aliphatic rings. The van der Waals surface area contributed by atoms with E-state index in [1.807, 2.05) is 13.0 Å². The Bertz CT molecular complexity index is 255. The first-order valence-corrected chi connectivity index (χ1v) is 4.85. The largest absolute Gasteiger partial charge is 0.320 e. The van der Waals surface area contributed by atoms with Gasteiger partial charge in [0.25, 0.3) is 0 Å². The first kappa shape index (κ1) is 12.8. The molecule has 0 aliphatic carbocycles. The molecular formula is C9H13ClFNS. The highest BCUT2D eigenvalue weighted by atomic mass is 35.5. The number of benzene rings is 1. The zero-order valence-electron chi connectivity index (χ0n) is 7.37. The predicted molar refractivity (Wildman–Crippen MR) is 58.6 cm³/mol. The van der Waals surface area contributed by atoms with Gasteiger partial charge in [0.1, 0.15) is 5.82 Å². The summed E-state index contributed by atoms with van der Waals surface area (Å²) in [7, 11) is 0. The molecule has 0 amide bonds. The molecular weight excluding hydrogens is 209 g/mol. The van der Waals surface area contributed by atoms with Gasteiger partial charge in [0.15, 0.2) is 0 Å². The Morgan fingerprint density at radius 1 is 1.46 bits per heavy atom. The number of rotatable bonds is 3. The Labute approximate surface area is 88.3 Å². The smallest absolute Gasteiger partial charge is 0.127 e. The topological polar surface area (TPSA) is 26.0 Å². The molecule has 0 saturated heterocycles. The molecule has 0 saturated carbocycles. The minimum atomic E-state index is -0.148. The van der Waals surface area contributed by atoms with E-state index in [0.29, 0.717) is 5.75 Å². The van der Waals surface area contributed by atoms with Crippen molar-refractivity contribution in [3.8, 4) is 0 Å². The summed E-state index contributed by atoms with van der Waals surface area (Å²) in [5, 5.41) is 0.0598. The van der Waals surface area contributed by atoms with Crippen LogP contribution in [-0.2, 0) is 5.75 Å². The fourth-order valence-electron chi connectivity index (χ4n) is 0.837. The first-order valence-electron chi connectivity index (χ1n) is 3.80. The molecule has 74 valence electrons. The van der Waals surface area contributed by atoms with Crippen molar-refractivity contribution < 1.29 is 4.39 Å². The second-order valence-corrected chi connectivity index (χ2v) is 3.97. The van der Waals surface area contributed by atoms with Crippen molar-refractivity contribution >= 4 is 24.2 Å². The normalized spacial score (nSPS) is 11.9. The van der Waals surface area contributed by atoms with E-state index in [-0.39, 0.29) is 23.6 Å². The molecule has 0 fully saturated rings. The zero-order chi connectivity index (χ0) is 8.97. The second kappa shape index (κ2) is 6.24. The molecule has 0 aliphatic heterocycles. The minimum Gasteiger partial charge on any atom is -0.320 e. The number of nitrogens with two attached hydrogens (primary N) is 1. The van der Waals surface area contributed by atoms with Gasteiger partial charge in [-0.25, -0.2) is 4.39 Å². The fraction of sp³-hybridized carbons (Fsp3) is 0.333. The average molecular weight is 222 g/mol. The van der Waals surface area contributed by atoms with Gasteiger partial charge in [-0.2, -0.15) is 0 Å². The van der Waals surface area contributed by atoms with E-state index < -0.39 is 0 Å². The summed E-state index contributed by atoms with van der Waals surface area (Å²) in [5.74, 6) is 0.496. The van der Waals surface area contributed by atoms with Crippen LogP contribution < -0.4 is 5.73 Å². The van der Waals surface area contributed by atoms with Crippen LogP contribution in [0, 0.1) is 5.82 Å². The van der Waals surface area contributed by atoms with Gasteiger partial charge in [-0.1, -0.05) is 18.2 Å². The van der Waals surface area contributed by atoms with E-state index in [1.165, 1.54) is 17.8 Å². The molecule has 1 unspecified atom stereocenters. The molecule has 1 nitrogen and oxygen atoms in total. The van der Waals surface area contributed by atoms with Crippen molar-refractivity contribution in [2.75, 3.05) is 0 Å². The molecule has 0 bridgehead atoms. The quantitative estimate of drug-likeness (QED) is 0.795. The van der Waals surface area contributed by atoms with E-state index in [1.54, 1.807) is 12.1 Å². The molecule has 2 N–H and O–H groups in total. The number of hydrogen-bond acceptors (Lipinski definition) is 2. The molecule has 0 heterocycles. The molecule has 13 heavy (non-hydrogen) atoms. The Balaban J connectivity index is 0.00000144. The van der Waals surface area contributed by atoms with Crippen molar-refractivity contribution in [3.05, 3.63) is 35.6 Å². The summed E-state index contributed by atoms with van der Waals surface area (Å²) in [6.45, 7) is 1.89. The molecule has 0 radical (unpaired) electrons. The Morgan fingerprint density at radius 3 is 2.62 bits per heavy atom. The summed E-state index contributed by atoms with van der Waals surface area (Å²) >= 11 is 1.54. The predicted octanol–water partition coefficient (Wildman–Crippen LogP) is 2.79. The third kappa shape index (κ3) is 4.50. The van der Waals surface area contributed by atoms with E-state index in [9.17, 15) is 4.39 Å². The highest BCUT2D eigenvalue weighted by Crippen LogP contribution is 2.16. The van der Waals surface area contributed by atoms with Crippen molar-refractivity contribution in [1.29, 1.82) is 0 Å². The first-order chi connectivity index (χ1) is 5.70. The lowest BCUT2D eigenvalue weighted by molar-refractivity contribution is 0.617. The van der Waals surface area contributed by atoms with Gasteiger partial charge in [0.2, 0.25) is 0 Å². The van der Waals surface area contributed by atoms with E-state index >= 15 is 0 Å². The highest BCUT2D eigenvalue weighted by molar-refractivity contribution is 7.99. The molecule has 0 aromatic heterocycles. The molecule has 1 atom stereocenters. The summed E-state index contributed by atoms with van der Waals surface area (Å²) in [5.41, 5.74) is 6.25. The fourth-order valence-corrected chi connectivity index (χ4v) is 1.51. The summed E-state index contributed by atoms with van der Waals surface area (Å²) < 4.78 is 13.0. The zero-order valence-corrected chi connectivity index (χ0v) is 9.00. The van der Waals surface area contributed by atoms with E-state index in [2.05, 4.69) is 0 Å². The monoisotopic (exact) mass is 221 g/mol. The van der Waals surface area contributed by atoms with Gasteiger partial charge in [0.05, 0.1) is 0 Å². The third-order valence-electron chi connectivity index (χ3n) is 1.46. The van der Waals surface area contributed by atoms with Gasteiger partial charge in [0, 0.05) is 11.1 Å². The van der Waals surface area contributed by atoms with E-state index in [4.69, 9.17) is 5.73 Å². The van der Waals surface area contributed by atoms with Gasteiger partial charge in [-0.3, -0.25) is 0 Å². The van der Waals surface area contributed by atoms with Gasteiger partial charge in [-0.15, -0.1) is 24.2 Å². The maximum absolute atomic E-state index is 13.0. The summed E-state index contributed by atoms with van der Waals surface area (Å²) in [4.78, 5) is 0. The van der Waals surface area contributed by atoms with Crippen LogP contribution in [0.4, 0.5) is 4.39 Å². The van der Waals surface area contributed by atoms with Gasteiger partial charge < -0.3 is 5.73 Å². The van der Waals surface area contributed by atoms with Crippen LogP contribution in [0.3, 0.4) is 0 Å². The maximum Gasteiger partial charge on any atom is 0.127 e. The van der Waals surface area contributed by atoms with Crippen LogP contribution in [0.15, 0.2) is 24.3 Å². The lowest BCUT2D eigenvalue weighted by Crippen LogP contribution is -2.09. The van der Waals surface area contributed by atoms with Crippen LogP contribution in [0.2, 0.25) is 0 Å². The number of thioether (sulfide) groups is 1. The van der Waals surface area contributed by atoms with Crippen LogP contribution in [0.25, 0.3) is 0 Å².